The molecule has 1 aliphatic heterocycles. The molecule has 29 heavy (non-hydrogen) atoms. The number of rotatable bonds is 6. The number of amides is 1. The molecule has 2 atom stereocenters. The van der Waals surface area contributed by atoms with Gasteiger partial charge < -0.3 is 15.6 Å². The van der Waals surface area contributed by atoms with Crippen LogP contribution < -0.4 is 10.5 Å². The number of benzene rings is 2. The molecule has 156 valence electrons. The summed E-state index contributed by atoms with van der Waals surface area (Å²) in [6, 6.07) is 13.3. The van der Waals surface area contributed by atoms with Crippen LogP contribution in [0.4, 0.5) is 0 Å². The smallest absolute Gasteiger partial charge is 0.249 e. The van der Waals surface area contributed by atoms with Gasteiger partial charge in [0.05, 0.1) is 17.9 Å². The number of nitrogens with one attached hydrogen (secondary N) is 1. The lowest BCUT2D eigenvalue weighted by Crippen LogP contribution is -2.57. The first-order valence-corrected chi connectivity index (χ1v) is 11.0. The van der Waals surface area contributed by atoms with Crippen molar-refractivity contribution in [2.24, 2.45) is 5.73 Å². The minimum Gasteiger partial charge on any atom is -0.383 e. The molecule has 8 heteroatoms. The lowest BCUT2D eigenvalue weighted by molar-refractivity contribution is -0.0898. The molecule has 0 saturated carbocycles. The summed E-state index contributed by atoms with van der Waals surface area (Å²) < 4.78 is 32.7. The van der Waals surface area contributed by atoms with Crippen LogP contribution in [0.5, 0.6) is 0 Å². The van der Waals surface area contributed by atoms with Crippen molar-refractivity contribution in [3.63, 3.8) is 0 Å². The van der Waals surface area contributed by atoms with E-state index in [1.807, 2.05) is 6.07 Å². The number of nitrogens with two attached hydrogens (primary N) is 1. The standard InChI is InChI=1S/C21H26N2O5S/c1-14(2)29(26,27)23-19-13-28-12-11-21(19,25)16-9-7-15(8-10-16)17-5-3-4-6-18(17)20(22)24/h3-10,14,19,23,25H,11-13H2,1-2H3,(H2,22,24)/t19-,21-/m1/s1. The second kappa shape index (κ2) is 8.23. The van der Waals surface area contributed by atoms with E-state index in [9.17, 15) is 18.3 Å². The second-order valence-electron chi connectivity index (χ2n) is 7.50. The summed E-state index contributed by atoms with van der Waals surface area (Å²) in [7, 11) is -3.58. The van der Waals surface area contributed by atoms with Gasteiger partial charge in [-0.3, -0.25) is 4.79 Å². The first-order valence-electron chi connectivity index (χ1n) is 9.46. The van der Waals surface area contributed by atoms with Crippen molar-refractivity contribution in [1.29, 1.82) is 0 Å². The van der Waals surface area contributed by atoms with E-state index in [0.29, 0.717) is 23.3 Å². The second-order valence-corrected chi connectivity index (χ2v) is 9.77. The molecule has 0 bridgehead atoms. The highest BCUT2D eigenvalue weighted by Gasteiger charge is 2.43. The molecule has 2 aromatic carbocycles. The van der Waals surface area contributed by atoms with Gasteiger partial charge in [-0.15, -0.1) is 0 Å². The van der Waals surface area contributed by atoms with Crippen molar-refractivity contribution in [2.45, 2.75) is 37.2 Å². The summed E-state index contributed by atoms with van der Waals surface area (Å²) in [5.41, 5.74) is 6.53. The molecule has 1 aliphatic rings. The molecule has 4 N–H and O–H groups in total. The summed E-state index contributed by atoms with van der Waals surface area (Å²) in [6.45, 7) is 3.56. The summed E-state index contributed by atoms with van der Waals surface area (Å²) in [5.74, 6) is -0.518. The predicted molar refractivity (Wildman–Crippen MR) is 111 cm³/mol. The third-order valence-corrected chi connectivity index (χ3v) is 7.16. The maximum Gasteiger partial charge on any atom is 0.249 e. The van der Waals surface area contributed by atoms with E-state index in [-0.39, 0.29) is 13.0 Å². The Balaban J connectivity index is 1.94. The van der Waals surface area contributed by atoms with Crippen LogP contribution in [0.25, 0.3) is 11.1 Å². The summed E-state index contributed by atoms with van der Waals surface area (Å²) in [5, 5.41) is 10.7. The fourth-order valence-corrected chi connectivity index (χ4v) is 4.37. The number of hydrogen-bond acceptors (Lipinski definition) is 5. The predicted octanol–water partition coefficient (Wildman–Crippen LogP) is 1.76. The third kappa shape index (κ3) is 4.35. The molecule has 2 aromatic rings. The van der Waals surface area contributed by atoms with Gasteiger partial charge in [0.1, 0.15) is 5.60 Å². The van der Waals surface area contributed by atoms with Gasteiger partial charge in [0.15, 0.2) is 0 Å². The van der Waals surface area contributed by atoms with E-state index in [4.69, 9.17) is 10.5 Å². The Morgan fingerprint density at radius 2 is 1.86 bits per heavy atom. The third-order valence-electron chi connectivity index (χ3n) is 5.30. The number of primary amides is 1. The van der Waals surface area contributed by atoms with Crippen molar-refractivity contribution < 1.29 is 23.1 Å². The average Bonchev–Trinajstić information content (AvgIpc) is 2.69. The van der Waals surface area contributed by atoms with Crippen molar-refractivity contribution >= 4 is 15.9 Å². The maximum absolute atomic E-state index is 12.3. The Morgan fingerprint density at radius 1 is 1.21 bits per heavy atom. The number of aliphatic hydroxyl groups is 1. The Bertz CT molecular complexity index is 988. The van der Waals surface area contributed by atoms with Crippen LogP contribution in [-0.4, -0.2) is 43.9 Å². The topological polar surface area (TPSA) is 119 Å². The van der Waals surface area contributed by atoms with Crippen molar-refractivity contribution in [2.75, 3.05) is 13.2 Å². The molecule has 0 unspecified atom stereocenters. The fourth-order valence-electron chi connectivity index (χ4n) is 3.44. The zero-order valence-electron chi connectivity index (χ0n) is 16.5. The zero-order chi connectivity index (χ0) is 21.2. The van der Waals surface area contributed by atoms with E-state index in [1.54, 1.807) is 56.3 Å². The average molecular weight is 419 g/mol. The van der Waals surface area contributed by atoms with Crippen LogP contribution in [0, 0.1) is 0 Å². The van der Waals surface area contributed by atoms with Crippen LogP contribution in [0.15, 0.2) is 48.5 Å². The van der Waals surface area contributed by atoms with Gasteiger partial charge in [-0.05, 0) is 36.6 Å². The molecule has 0 aromatic heterocycles. The van der Waals surface area contributed by atoms with Gasteiger partial charge in [0, 0.05) is 18.6 Å². The number of sulfonamides is 1. The first-order chi connectivity index (χ1) is 13.6. The summed E-state index contributed by atoms with van der Waals surface area (Å²) in [4.78, 5) is 11.7. The molecule has 1 saturated heterocycles. The van der Waals surface area contributed by atoms with Crippen LogP contribution in [0.1, 0.15) is 36.2 Å². The monoisotopic (exact) mass is 418 g/mol. The Hall–Kier alpha value is -2.26. The van der Waals surface area contributed by atoms with Gasteiger partial charge in [-0.25, -0.2) is 13.1 Å². The molecular weight excluding hydrogens is 392 g/mol. The van der Waals surface area contributed by atoms with E-state index >= 15 is 0 Å². The molecule has 0 radical (unpaired) electrons. The van der Waals surface area contributed by atoms with Gasteiger partial charge in [-0.2, -0.15) is 0 Å². The highest BCUT2D eigenvalue weighted by Crippen LogP contribution is 2.34. The van der Waals surface area contributed by atoms with Gasteiger partial charge in [0.2, 0.25) is 15.9 Å². The largest absolute Gasteiger partial charge is 0.383 e. The van der Waals surface area contributed by atoms with Gasteiger partial charge >= 0.3 is 0 Å². The maximum atomic E-state index is 12.3. The quantitative estimate of drug-likeness (QED) is 0.660. The minimum absolute atomic E-state index is 0.0781. The van der Waals surface area contributed by atoms with Crippen molar-refractivity contribution in [3.8, 4) is 11.1 Å². The first kappa shape index (κ1) is 21.4. The number of hydrogen-bond donors (Lipinski definition) is 3. The molecule has 1 fully saturated rings. The molecule has 1 amide bonds. The Kier molecular flexibility index (Phi) is 6.09. The summed E-state index contributed by atoms with van der Waals surface area (Å²) >= 11 is 0. The lowest BCUT2D eigenvalue weighted by atomic mass is 9.82. The highest BCUT2D eigenvalue weighted by atomic mass is 32.2. The van der Waals surface area contributed by atoms with Crippen molar-refractivity contribution in [1.82, 2.24) is 4.72 Å². The van der Waals surface area contributed by atoms with E-state index in [1.165, 1.54) is 0 Å². The Morgan fingerprint density at radius 3 is 2.48 bits per heavy atom. The molecule has 0 spiro atoms. The number of ether oxygens (including phenoxy) is 1. The molecule has 0 aliphatic carbocycles. The van der Waals surface area contributed by atoms with Crippen LogP contribution >= 0.6 is 0 Å². The zero-order valence-corrected chi connectivity index (χ0v) is 17.3. The molecule has 3 rings (SSSR count). The normalized spacial score (nSPS) is 22.6. The van der Waals surface area contributed by atoms with E-state index in [0.717, 1.165) is 5.56 Å². The number of carbonyl (C=O) groups is 1. The van der Waals surface area contributed by atoms with Crippen LogP contribution in [0.2, 0.25) is 0 Å². The highest BCUT2D eigenvalue weighted by molar-refractivity contribution is 7.90. The van der Waals surface area contributed by atoms with Crippen LogP contribution in [-0.2, 0) is 20.4 Å². The lowest BCUT2D eigenvalue weighted by Gasteiger charge is -2.40. The minimum atomic E-state index is -3.58. The SMILES string of the molecule is CC(C)S(=O)(=O)N[C@@H]1COCC[C@@]1(O)c1ccc(-c2ccccc2C(N)=O)cc1. The van der Waals surface area contributed by atoms with Crippen molar-refractivity contribution in [3.05, 3.63) is 59.7 Å². The van der Waals surface area contributed by atoms with Gasteiger partial charge in [0.25, 0.3) is 0 Å². The Labute approximate surface area is 170 Å². The number of carbonyl (C=O) groups excluding carboxylic acids is 1. The fraction of sp³-hybridized carbons (Fsp3) is 0.381. The van der Waals surface area contributed by atoms with Gasteiger partial charge in [-0.1, -0.05) is 42.5 Å². The molecular formula is C21H26N2O5S. The van der Waals surface area contributed by atoms with E-state index < -0.39 is 32.8 Å². The summed E-state index contributed by atoms with van der Waals surface area (Å²) in [6.07, 6.45) is 0.259. The molecule has 1 heterocycles. The van der Waals surface area contributed by atoms with E-state index in [2.05, 4.69) is 4.72 Å². The molecule has 7 nitrogen and oxygen atoms in total. The van der Waals surface area contributed by atoms with Crippen LogP contribution in [0.3, 0.4) is 0 Å².